The van der Waals surface area contributed by atoms with Crippen LogP contribution in [0.1, 0.15) is 31.7 Å². The average molecular weight is 292 g/mol. The summed E-state index contributed by atoms with van der Waals surface area (Å²) < 4.78 is 3.25. The first-order valence-corrected chi connectivity index (χ1v) is 6.98. The number of hydrogen-bond donors (Lipinski definition) is 0. The van der Waals surface area contributed by atoms with Gasteiger partial charge in [0, 0.05) is 19.0 Å². The predicted molar refractivity (Wildman–Crippen MR) is 74.4 cm³/mol. The van der Waals surface area contributed by atoms with Crippen LogP contribution >= 0.6 is 11.6 Å². The molecular weight excluding hydrogens is 278 g/mol. The largest absolute Gasteiger partial charge is 0.330 e. The number of nitriles is 1. The summed E-state index contributed by atoms with van der Waals surface area (Å²) >= 11 is 5.85. The first-order valence-electron chi connectivity index (χ1n) is 6.61. The van der Waals surface area contributed by atoms with Crippen molar-refractivity contribution in [2.24, 2.45) is 13.0 Å². The number of nitrogens with zero attached hydrogens (tertiary/aromatic N) is 5. The van der Waals surface area contributed by atoms with Gasteiger partial charge in [0.2, 0.25) is 5.28 Å². The molecule has 0 aliphatic heterocycles. The van der Waals surface area contributed by atoms with Crippen molar-refractivity contribution in [1.82, 2.24) is 19.1 Å². The van der Waals surface area contributed by atoms with Gasteiger partial charge in [-0.15, -0.1) is 0 Å². The molecule has 1 aliphatic rings. The minimum absolute atomic E-state index is 0.0850. The Morgan fingerprint density at radius 3 is 2.75 bits per heavy atom. The van der Waals surface area contributed by atoms with E-state index in [1.54, 1.807) is 22.4 Å². The Balaban J connectivity index is 2.08. The topological polar surface area (TPSA) is 76.5 Å². The van der Waals surface area contributed by atoms with Gasteiger partial charge in [0.25, 0.3) is 0 Å². The molecule has 0 saturated heterocycles. The second-order valence-corrected chi connectivity index (χ2v) is 5.53. The van der Waals surface area contributed by atoms with Crippen LogP contribution in [0.5, 0.6) is 0 Å². The smallest absolute Gasteiger partial charge is 0.292 e. The number of halogens is 1. The van der Waals surface area contributed by atoms with E-state index in [4.69, 9.17) is 16.9 Å². The van der Waals surface area contributed by atoms with E-state index < -0.39 is 0 Å². The van der Waals surface area contributed by atoms with Gasteiger partial charge >= 0.3 is 5.69 Å². The number of hydrogen-bond acceptors (Lipinski definition) is 4. The molecule has 0 N–H and O–H groups in total. The quantitative estimate of drug-likeness (QED) is 0.753. The summed E-state index contributed by atoms with van der Waals surface area (Å²) in [5.41, 5.74) is 1.16. The molecule has 0 unspecified atom stereocenters. The molecule has 20 heavy (non-hydrogen) atoms. The summed E-state index contributed by atoms with van der Waals surface area (Å²) in [5.74, 6) is 0.107. The highest BCUT2D eigenvalue weighted by atomic mass is 35.5. The Morgan fingerprint density at radius 2 is 2.10 bits per heavy atom. The van der Waals surface area contributed by atoms with Crippen LogP contribution in [-0.4, -0.2) is 19.1 Å². The van der Waals surface area contributed by atoms with E-state index in [0.29, 0.717) is 11.2 Å². The van der Waals surface area contributed by atoms with Gasteiger partial charge in [-0.05, 0) is 37.3 Å². The molecule has 1 fully saturated rings. The van der Waals surface area contributed by atoms with Crippen LogP contribution in [0.25, 0.3) is 11.2 Å². The molecule has 104 valence electrons. The Morgan fingerprint density at radius 1 is 1.40 bits per heavy atom. The number of fused-ring (bicyclic) bond motifs is 1. The number of aryl methyl sites for hydroxylation is 1. The lowest BCUT2D eigenvalue weighted by Gasteiger charge is -2.25. The second kappa shape index (κ2) is 4.91. The lowest BCUT2D eigenvalue weighted by atomic mass is 9.87. The van der Waals surface area contributed by atoms with Crippen LogP contribution in [0.4, 0.5) is 0 Å². The minimum atomic E-state index is -0.100. The molecule has 0 amide bonds. The van der Waals surface area contributed by atoms with Gasteiger partial charge in [0.1, 0.15) is 5.52 Å². The molecule has 0 atom stereocenters. The summed E-state index contributed by atoms with van der Waals surface area (Å²) in [4.78, 5) is 20.5. The molecule has 2 aromatic rings. The van der Waals surface area contributed by atoms with Crippen LogP contribution in [0.2, 0.25) is 5.28 Å². The summed E-state index contributed by atoms with van der Waals surface area (Å²) in [7, 11) is 1.71. The zero-order valence-electron chi connectivity index (χ0n) is 11.1. The van der Waals surface area contributed by atoms with Crippen molar-refractivity contribution in [3.8, 4) is 6.07 Å². The van der Waals surface area contributed by atoms with Crippen LogP contribution in [0, 0.1) is 17.2 Å². The van der Waals surface area contributed by atoms with Gasteiger partial charge < -0.3 is 0 Å². The van der Waals surface area contributed by atoms with Crippen LogP contribution in [-0.2, 0) is 7.05 Å². The molecule has 0 bridgehead atoms. The van der Waals surface area contributed by atoms with E-state index in [1.165, 1.54) is 0 Å². The highest BCUT2D eigenvalue weighted by Crippen LogP contribution is 2.32. The molecule has 3 rings (SSSR count). The monoisotopic (exact) mass is 291 g/mol. The maximum Gasteiger partial charge on any atom is 0.330 e. The minimum Gasteiger partial charge on any atom is -0.292 e. The number of rotatable bonds is 1. The Bertz CT molecular complexity index is 748. The van der Waals surface area contributed by atoms with Gasteiger partial charge in [-0.3, -0.25) is 9.13 Å². The van der Waals surface area contributed by atoms with Crippen molar-refractivity contribution in [3.63, 3.8) is 0 Å². The zero-order valence-corrected chi connectivity index (χ0v) is 11.8. The molecule has 0 aromatic carbocycles. The lowest BCUT2D eigenvalue weighted by molar-refractivity contribution is 0.311. The Kier molecular flexibility index (Phi) is 3.22. The molecule has 2 aromatic heterocycles. The molecule has 1 aliphatic carbocycles. The zero-order chi connectivity index (χ0) is 14.3. The van der Waals surface area contributed by atoms with Gasteiger partial charge in [-0.1, -0.05) is 0 Å². The normalized spacial score (nSPS) is 22.9. The van der Waals surface area contributed by atoms with E-state index in [-0.39, 0.29) is 22.9 Å². The number of aromatic nitrogens is 4. The summed E-state index contributed by atoms with van der Waals surface area (Å²) in [6.45, 7) is 0. The van der Waals surface area contributed by atoms with E-state index >= 15 is 0 Å². The van der Waals surface area contributed by atoms with Gasteiger partial charge in [0.05, 0.1) is 12.3 Å². The van der Waals surface area contributed by atoms with Crippen molar-refractivity contribution < 1.29 is 0 Å². The van der Waals surface area contributed by atoms with E-state index in [1.807, 2.05) is 0 Å². The maximum absolute atomic E-state index is 12.4. The Hall–Kier alpha value is -1.87. The predicted octanol–water partition coefficient (Wildman–Crippen LogP) is 2.04. The molecule has 0 spiro atoms. The third-order valence-electron chi connectivity index (χ3n) is 4.05. The van der Waals surface area contributed by atoms with Gasteiger partial charge in [0.15, 0.2) is 5.65 Å². The van der Waals surface area contributed by atoms with Crippen LogP contribution in [0.3, 0.4) is 0 Å². The fraction of sp³-hybridized carbons (Fsp3) is 0.538. The SMILES string of the molecule is Cn1c(=O)n([C@H]2CC[C@@H](C#N)CC2)c2nc(Cl)ncc21. The van der Waals surface area contributed by atoms with Crippen molar-refractivity contribution in [2.75, 3.05) is 0 Å². The highest BCUT2D eigenvalue weighted by Gasteiger charge is 2.26. The fourth-order valence-electron chi connectivity index (χ4n) is 2.91. The van der Waals surface area contributed by atoms with Crippen molar-refractivity contribution in [1.29, 1.82) is 5.26 Å². The first-order chi connectivity index (χ1) is 9.61. The second-order valence-electron chi connectivity index (χ2n) is 5.19. The fourth-order valence-corrected chi connectivity index (χ4v) is 3.04. The maximum atomic E-state index is 12.4. The summed E-state index contributed by atoms with van der Waals surface area (Å²) in [6.07, 6.45) is 4.85. The summed E-state index contributed by atoms with van der Waals surface area (Å²) in [6, 6.07) is 2.39. The lowest BCUT2D eigenvalue weighted by Crippen LogP contribution is -2.28. The van der Waals surface area contributed by atoms with Crippen molar-refractivity contribution in [2.45, 2.75) is 31.7 Å². The van der Waals surface area contributed by atoms with Crippen LogP contribution in [0.15, 0.2) is 11.0 Å². The van der Waals surface area contributed by atoms with Gasteiger partial charge in [-0.25, -0.2) is 9.78 Å². The van der Waals surface area contributed by atoms with E-state index in [9.17, 15) is 4.79 Å². The molecule has 1 saturated carbocycles. The molecule has 7 heteroatoms. The number of imidazole rings is 1. The van der Waals surface area contributed by atoms with E-state index in [2.05, 4.69) is 16.0 Å². The molecular formula is C13H14ClN5O. The van der Waals surface area contributed by atoms with E-state index in [0.717, 1.165) is 25.7 Å². The van der Waals surface area contributed by atoms with Crippen LogP contribution < -0.4 is 5.69 Å². The van der Waals surface area contributed by atoms with Crippen molar-refractivity contribution in [3.05, 3.63) is 22.0 Å². The van der Waals surface area contributed by atoms with Gasteiger partial charge in [-0.2, -0.15) is 10.2 Å². The summed E-state index contributed by atoms with van der Waals surface area (Å²) in [5, 5.41) is 9.10. The molecule has 6 nitrogen and oxygen atoms in total. The third-order valence-corrected chi connectivity index (χ3v) is 4.23. The highest BCUT2D eigenvalue weighted by molar-refractivity contribution is 6.28. The Labute approximate surface area is 120 Å². The molecule has 0 radical (unpaired) electrons. The third kappa shape index (κ3) is 1.98. The first kappa shape index (κ1) is 13.1. The standard InChI is InChI=1S/C13H14ClN5O/c1-18-10-7-16-12(14)17-11(10)19(13(18)20)9-4-2-8(6-15)3-5-9/h7-9H,2-5H2,1H3/t8-,9+. The van der Waals surface area contributed by atoms with Crippen molar-refractivity contribution >= 4 is 22.8 Å². The average Bonchev–Trinajstić information content (AvgIpc) is 2.71. The molecule has 2 heterocycles.